The molecule has 3 rings (SSSR count). The van der Waals surface area contributed by atoms with E-state index in [1.165, 1.54) is 0 Å². The number of ether oxygens (including phenoxy) is 1. The van der Waals surface area contributed by atoms with Crippen molar-refractivity contribution in [2.75, 3.05) is 13.2 Å². The summed E-state index contributed by atoms with van der Waals surface area (Å²) in [4.78, 5) is 4.42. The van der Waals surface area contributed by atoms with Gasteiger partial charge in [-0.25, -0.2) is 0 Å². The van der Waals surface area contributed by atoms with Crippen molar-refractivity contribution in [3.05, 3.63) is 28.5 Å². The largest absolute Gasteiger partial charge is 0.507 e. The molecule has 0 saturated carbocycles. The summed E-state index contributed by atoms with van der Waals surface area (Å²) in [5.41, 5.74) is 0.714. The zero-order chi connectivity index (χ0) is 13.2. The van der Waals surface area contributed by atoms with E-state index >= 15 is 0 Å². The van der Waals surface area contributed by atoms with Gasteiger partial charge in [0.05, 0.1) is 4.47 Å². The SMILES string of the molecule is Oc1cc(-c2nc(C3CCOCC3)no2)ccc1Br. The van der Waals surface area contributed by atoms with E-state index in [1.54, 1.807) is 12.1 Å². The summed E-state index contributed by atoms with van der Waals surface area (Å²) in [6, 6.07) is 5.18. The molecule has 0 amide bonds. The molecule has 2 heterocycles. The van der Waals surface area contributed by atoms with Crippen molar-refractivity contribution in [2.24, 2.45) is 0 Å². The van der Waals surface area contributed by atoms with Gasteiger partial charge in [0, 0.05) is 24.7 Å². The topological polar surface area (TPSA) is 68.4 Å². The van der Waals surface area contributed by atoms with Gasteiger partial charge in [0.2, 0.25) is 0 Å². The first kappa shape index (κ1) is 12.6. The molecule has 1 aliphatic rings. The smallest absolute Gasteiger partial charge is 0.258 e. The second kappa shape index (κ2) is 5.30. The molecular formula is C13H13BrN2O3. The Bertz CT molecular complexity index is 579. The normalized spacial score (nSPS) is 16.7. The zero-order valence-electron chi connectivity index (χ0n) is 10.2. The molecule has 0 atom stereocenters. The van der Waals surface area contributed by atoms with Gasteiger partial charge in [-0.3, -0.25) is 0 Å². The van der Waals surface area contributed by atoms with Crippen LogP contribution in [0.1, 0.15) is 24.6 Å². The summed E-state index contributed by atoms with van der Waals surface area (Å²) in [6.07, 6.45) is 1.84. The highest BCUT2D eigenvalue weighted by molar-refractivity contribution is 9.10. The summed E-state index contributed by atoms with van der Waals surface area (Å²) in [5.74, 6) is 1.61. The second-order valence-electron chi connectivity index (χ2n) is 4.51. The number of halogens is 1. The van der Waals surface area contributed by atoms with Crippen LogP contribution in [0, 0.1) is 0 Å². The van der Waals surface area contributed by atoms with Gasteiger partial charge in [-0.1, -0.05) is 5.16 Å². The molecule has 1 saturated heterocycles. The fraction of sp³-hybridized carbons (Fsp3) is 0.385. The lowest BCUT2D eigenvalue weighted by molar-refractivity contribution is 0.0830. The number of aromatic hydroxyl groups is 1. The van der Waals surface area contributed by atoms with Crippen LogP contribution < -0.4 is 0 Å². The molecule has 1 N–H and O–H groups in total. The molecular weight excluding hydrogens is 312 g/mol. The molecule has 5 nitrogen and oxygen atoms in total. The van der Waals surface area contributed by atoms with Gasteiger partial charge in [0.25, 0.3) is 5.89 Å². The summed E-state index contributed by atoms with van der Waals surface area (Å²) in [6.45, 7) is 1.49. The Morgan fingerprint density at radius 2 is 2.05 bits per heavy atom. The van der Waals surface area contributed by atoms with Crippen LogP contribution in [0.25, 0.3) is 11.5 Å². The lowest BCUT2D eigenvalue weighted by Gasteiger charge is -2.18. The van der Waals surface area contributed by atoms with Gasteiger partial charge in [0.1, 0.15) is 5.75 Å². The fourth-order valence-electron chi connectivity index (χ4n) is 2.12. The second-order valence-corrected chi connectivity index (χ2v) is 5.36. The van der Waals surface area contributed by atoms with Gasteiger partial charge >= 0.3 is 0 Å². The lowest BCUT2D eigenvalue weighted by Crippen LogP contribution is -2.15. The highest BCUT2D eigenvalue weighted by atomic mass is 79.9. The van der Waals surface area contributed by atoms with Crippen LogP contribution in [-0.4, -0.2) is 28.5 Å². The minimum absolute atomic E-state index is 0.156. The molecule has 0 spiro atoms. The van der Waals surface area contributed by atoms with Crippen LogP contribution in [0.5, 0.6) is 5.75 Å². The number of benzene rings is 1. The maximum Gasteiger partial charge on any atom is 0.258 e. The Morgan fingerprint density at radius 3 is 2.79 bits per heavy atom. The third kappa shape index (κ3) is 2.64. The standard InChI is InChI=1S/C13H13BrN2O3/c14-10-2-1-9(7-11(10)17)13-15-12(16-19-13)8-3-5-18-6-4-8/h1-2,7-8,17H,3-6H2. The first-order chi connectivity index (χ1) is 9.24. The summed E-state index contributed by atoms with van der Waals surface area (Å²) >= 11 is 3.24. The summed E-state index contributed by atoms with van der Waals surface area (Å²) in [7, 11) is 0. The van der Waals surface area contributed by atoms with Gasteiger partial charge in [-0.15, -0.1) is 0 Å². The van der Waals surface area contributed by atoms with Gasteiger partial charge in [0.15, 0.2) is 5.82 Å². The minimum Gasteiger partial charge on any atom is -0.507 e. The Kier molecular flexibility index (Phi) is 3.52. The third-order valence-electron chi connectivity index (χ3n) is 3.22. The molecule has 2 aromatic rings. The quantitative estimate of drug-likeness (QED) is 0.919. The lowest BCUT2D eigenvalue weighted by atomic mass is 10.00. The highest BCUT2D eigenvalue weighted by Gasteiger charge is 2.21. The predicted octanol–water partition coefficient (Wildman–Crippen LogP) is 3.10. The summed E-state index contributed by atoms with van der Waals surface area (Å²) < 4.78 is 11.2. The predicted molar refractivity (Wildman–Crippen MR) is 71.9 cm³/mol. The molecule has 0 aliphatic carbocycles. The van der Waals surface area contributed by atoms with E-state index in [2.05, 4.69) is 26.1 Å². The van der Waals surface area contributed by atoms with Crippen molar-refractivity contribution < 1.29 is 14.4 Å². The van der Waals surface area contributed by atoms with Crippen LogP contribution in [0.15, 0.2) is 27.2 Å². The minimum atomic E-state index is 0.156. The number of nitrogens with zero attached hydrogens (tertiary/aromatic N) is 2. The molecule has 100 valence electrons. The number of phenolic OH excluding ortho intramolecular Hbond substituents is 1. The molecule has 0 bridgehead atoms. The monoisotopic (exact) mass is 324 g/mol. The number of rotatable bonds is 2. The number of hydrogen-bond acceptors (Lipinski definition) is 5. The van der Waals surface area contributed by atoms with E-state index in [9.17, 15) is 5.11 Å². The van der Waals surface area contributed by atoms with Crippen LogP contribution >= 0.6 is 15.9 Å². The maximum absolute atomic E-state index is 9.66. The van der Waals surface area contributed by atoms with Crippen molar-refractivity contribution in [1.82, 2.24) is 10.1 Å². The fourth-order valence-corrected chi connectivity index (χ4v) is 2.37. The van der Waals surface area contributed by atoms with E-state index < -0.39 is 0 Å². The molecule has 6 heteroatoms. The maximum atomic E-state index is 9.66. The Hall–Kier alpha value is -1.40. The van der Waals surface area contributed by atoms with Crippen molar-refractivity contribution in [3.63, 3.8) is 0 Å². The third-order valence-corrected chi connectivity index (χ3v) is 3.89. The first-order valence-electron chi connectivity index (χ1n) is 6.14. The van der Waals surface area contributed by atoms with E-state index in [1.807, 2.05) is 6.07 Å². The molecule has 1 aliphatic heterocycles. The zero-order valence-corrected chi connectivity index (χ0v) is 11.8. The van der Waals surface area contributed by atoms with Crippen LogP contribution in [0.3, 0.4) is 0 Å². The van der Waals surface area contributed by atoms with Crippen LogP contribution in [-0.2, 0) is 4.74 Å². The molecule has 19 heavy (non-hydrogen) atoms. The van der Waals surface area contributed by atoms with Crippen molar-refractivity contribution in [1.29, 1.82) is 0 Å². The van der Waals surface area contributed by atoms with Crippen LogP contribution in [0.2, 0.25) is 0 Å². The van der Waals surface area contributed by atoms with Crippen molar-refractivity contribution in [2.45, 2.75) is 18.8 Å². The Balaban J connectivity index is 1.85. The van der Waals surface area contributed by atoms with Crippen LogP contribution in [0.4, 0.5) is 0 Å². The molecule has 1 aromatic heterocycles. The Morgan fingerprint density at radius 1 is 1.26 bits per heavy atom. The van der Waals surface area contributed by atoms with Crippen molar-refractivity contribution >= 4 is 15.9 Å². The van der Waals surface area contributed by atoms with Gasteiger partial charge in [-0.2, -0.15) is 4.98 Å². The van der Waals surface area contributed by atoms with Crippen molar-refractivity contribution in [3.8, 4) is 17.2 Å². The molecule has 0 radical (unpaired) electrons. The number of hydrogen-bond donors (Lipinski definition) is 1. The number of aromatic nitrogens is 2. The summed E-state index contributed by atoms with van der Waals surface area (Å²) in [5, 5.41) is 13.7. The highest BCUT2D eigenvalue weighted by Crippen LogP contribution is 2.31. The van der Waals surface area contributed by atoms with E-state index in [-0.39, 0.29) is 5.75 Å². The molecule has 1 aromatic carbocycles. The average molecular weight is 325 g/mol. The van der Waals surface area contributed by atoms with E-state index in [4.69, 9.17) is 9.26 Å². The Labute approximate surface area is 118 Å². The molecule has 1 fully saturated rings. The van der Waals surface area contributed by atoms with Gasteiger partial charge < -0.3 is 14.4 Å². The first-order valence-corrected chi connectivity index (χ1v) is 6.93. The average Bonchev–Trinajstić information content (AvgIpc) is 2.93. The number of phenols is 1. The van der Waals surface area contributed by atoms with Gasteiger partial charge in [-0.05, 0) is 47.0 Å². The molecule has 0 unspecified atom stereocenters. The van der Waals surface area contributed by atoms with E-state index in [0.29, 0.717) is 21.8 Å². The van der Waals surface area contributed by atoms with E-state index in [0.717, 1.165) is 31.9 Å².